The fourth-order valence-corrected chi connectivity index (χ4v) is 7.41. The highest BCUT2D eigenvalue weighted by atomic mass is 16.6. The fourth-order valence-electron chi connectivity index (χ4n) is 7.41. The van der Waals surface area contributed by atoms with E-state index < -0.39 is 35.5 Å². The molecule has 70 heavy (non-hydrogen) atoms. The number of esters is 6. The van der Waals surface area contributed by atoms with Gasteiger partial charge in [-0.1, -0.05) is 156 Å². The van der Waals surface area contributed by atoms with Crippen molar-refractivity contribution in [3.8, 4) is 0 Å². The van der Waals surface area contributed by atoms with Crippen molar-refractivity contribution < 1.29 is 66.7 Å². The summed E-state index contributed by atoms with van der Waals surface area (Å²) in [6, 6.07) is 0. The van der Waals surface area contributed by atoms with E-state index in [4.69, 9.17) is 33.2 Å². The van der Waals surface area contributed by atoms with Crippen LogP contribution in [-0.4, -0.2) is 105 Å². The first kappa shape index (κ1) is 66.1. The number of hydrogen-bond acceptors (Lipinski definition) is 14. The van der Waals surface area contributed by atoms with Crippen LogP contribution in [0.3, 0.4) is 0 Å². The SMILES string of the molecule is CCCCCCCCC(=O)OCC(COC(=O)CCCCCCCC)CC(=O)OCCN(CCOC(=O)CC(COC(=O)CCCCCCCC)COC(=O)CCCCCCCC)C(=O)OC(C)(C)C. The molecule has 0 saturated carbocycles. The Labute approximate surface area is 423 Å². The van der Waals surface area contributed by atoms with E-state index in [0.717, 1.165) is 128 Å². The Bertz CT molecular complexity index is 1230. The average Bonchev–Trinajstić information content (AvgIpc) is 3.31. The fraction of sp³-hybridized carbons (Fsp3) is 0.873. The molecule has 0 saturated heterocycles. The number of amides is 1. The molecule has 0 aromatic heterocycles. The lowest BCUT2D eigenvalue weighted by molar-refractivity contribution is -0.155. The molecule has 0 N–H and O–H groups in total. The molecule has 0 radical (unpaired) electrons. The summed E-state index contributed by atoms with van der Waals surface area (Å²) in [4.78, 5) is 91.1. The molecular weight excluding hydrogens is 899 g/mol. The lowest BCUT2D eigenvalue weighted by Crippen LogP contribution is -2.41. The maximum absolute atomic E-state index is 13.3. The first-order valence-electron chi connectivity index (χ1n) is 27.5. The number of rotatable bonds is 46. The van der Waals surface area contributed by atoms with Crippen molar-refractivity contribution >= 4 is 41.9 Å². The summed E-state index contributed by atoms with van der Waals surface area (Å²) in [6.07, 6.45) is 24.5. The van der Waals surface area contributed by atoms with Crippen molar-refractivity contribution in [2.24, 2.45) is 11.8 Å². The zero-order chi connectivity index (χ0) is 52.1. The highest BCUT2D eigenvalue weighted by molar-refractivity contribution is 5.73. The van der Waals surface area contributed by atoms with Crippen molar-refractivity contribution in [2.75, 3.05) is 52.7 Å². The summed E-state index contributed by atoms with van der Waals surface area (Å²) >= 11 is 0. The molecule has 0 aliphatic rings. The standard InChI is InChI=1S/C55H99NO14/c1-8-12-16-20-24-28-32-48(57)66-42-46(43-67-49(58)33-29-25-21-17-13-9-2)40-52(61)64-38-36-56(54(63)70-55(5,6)7)37-39-65-53(62)41-47(44-68-50(59)34-30-26-22-18-14-10-3)45-69-51(60)35-31-27-23-19-15-11-4/h46-47H,8-45H2,1-7H3. The van der Waals surface area contributed by atoms with Crippen LogP contribution in [0.1, 0.15) is 241 Å². The lowest BCUT2D eigenvalue weighted by atomic mass is 10.1. The zero-order valence-corrected chi connectivity index (χ0v) is 45.2. The van der Waals surface area contributed by atoms with Crippen LogP contribution in [0.2, 0.25) is 0 Å². The van der Waals surface area contributed by atoms with Crippen LogP contribution in [-0.2, 0) is 61.9 Å². The number of unbranched alkanes of at least 4 members (excludes halogenated alkanes) is 20. The predicted molar refractivity (Wildman–Crippen MR) is 272 cm³/mol. The third-order valence-electron chi connectivity index (χ3n) is 11.7. The minimum Gasteiger partial charge on any atom is -0.465 e. The van der Waals surface area contributed by atoms with Gasteiger partial charge in [0.05, 0.1) is 52.4 Å². The second-order valence-electron chi connectivity index (χ2n) is 19.9. The first-order chi connectivity index (χ1) is 33.6. The van der Waals surface area contributed by atoms with Crippen LogP contribution < -0.4 is 0 Å². The Kier molecular flexibility index (Phi) is 42.5. The molecule has 0 aliphatic heterocycles. The number of carbonyl (C=O) groups excluding carboxylic acids is 7. The maximum atomic E-state index is 13.3. The monoisotopic (exact) mass is 998 g/mol. The van der Waals surface area contributed by atoms with E-state index in [0.29, 0.717) is 25.7 Å². The van der Waals surface area contributed by atoms with Gasteiger partial charge < -0.3 is 38.1 Å². The number of ether oxygens (including phenoxy) is 7. The molecule has 0 aromatic rings. The Morgan fingerprint density at radius 3 is 0.871 bits per heavy atom. The maximum Gasteiger partial charge on any atom is 0.410 e. The van der Waals surface area contributed by atoms with Crippen LogP contribution in [0.5, 0.6) is 0 Å². The van der Waals surface area contributed by atoms with Crippen LogP contribution in [0.4, 0.5) is 4.79 Å². The van der Waals surface area contributed by atoms with Gasteiger partial charge in [-0.3, -0.25) is 28.8 Å². The highest BCUT2D eigenvalue weighted by Gasteiger charge is 2.25. The van der Waals surface area contributed by atoms with Crippen molar-refractivity contribution in [3.63, 3.8) is 0 Å². The largest absolute Gasteiger partial charge is 0.465 e. The molecule has 0 rings (SSSR count). The van der Waals surface area contributed by atoms with E-state index in [-0.39, 0.29) is 115 Å². The molecule has 15 heteroatoms. The second-order valence-corrected chi connectivity index (χ2v) is 19.9. The molecule has 0 aromatic carbocycles. The zero-order valence-electron chi connectivity index (χ0n) is 45.2. The third kappa shape index (κ3) is 42.9. The molecule has 0 bridgehead atoms. The van der Waals surface area contributed by atoms with Gasteiger partial charge in [0.15, 0.2) is 0 Å². The van der Waals surface area contributed by atoms with Crippen LogP contribution in [0.15, 0.2) is 0 Å². The minimum absolute atomic E-state index is 0.0882. The van der Waals surface area contributed by atoms with Crippen molar-refractivity contribution in [3.05, 3.63) is 0 Å². The van der Waals surface area contributed by atoms with Gasteiger partial charge in [-0.2, -0.15) is 0 Å². The number of carbonyl (C=O) groups is 7. The predicted octanol–water partition coefficient (Wildman–Crippen LogP) is 12.5. The van der Waals surface area contributed by atoms with Gasteiger partial charge in [0, 0.05) is 37.5 Å². The molecule has 15 nitrogen and oxygen atoms in total. The van der Waals surface area contributed by atoms with Gasteiger partial charge in [-0.15, -0.1) is 0 Å². The molecule has 0 atom stereocenters. The summed E-state index contributed by atoms with van der Waals surface area (Å²) < 4.78 is 38.7. The molecule has 0 spiro atoms. The van der Waals surface area contributed by atoms with E-state index in [9.17, 15) is 33.6 Å². The molecule has 0 aliphatic carbocycles. The molecule has 0 unspecified atom stereocenters. The van der Waals surface area contributed by atoms with Gasteiger partial charge in [0.25, 0.3) is 0 Å². The Hall–Kier alpha value is -3.91. The van der Waals surface area contributed by atoms with Crippen LogP contribution >= 0.6 is 0 Å². The first-order valence-corrected chi connectivity index (χ1v) is 27.5. The van der Waals surface area contributed by atoms with E-state index in [2.05, 4.69) is 27.7 Å². The lowest BCUT2D eigenvalue weighted by Gasteiger charge is -2.27. The van der Waals surface area contributed by atoms with Gasteiger partial charge in [-0.05, 0) is 46.5 Å². The van der Waals surface area contributed by atoms with E-state index in [1.54, 1.807) is 20.8 Å². The highest BCUT2D eigenvalue weighted by Crippen LogP contribution is 2.16. The number of hydrogen-bond donors (Lipinski definition) is 0. The summed E-state index contributed by atoms with van der Waals surface area (Å²) in [5, 5.41) is 0. The smallest absolute Gasteiger partial charge is 0.410 e. The van der Waals surface area contributed by atoms with Crippen molar-refractivity contribution in [1.29, 1.82) is 0 Å². The van der Waals surface area contributed by atoms with E-state index >= 15 is 0 Å². The molecule has 408 valence electrons. The summed E-state index contributed by atoms with van der Waals surface area (Å²) in [6.45, 7) is 12.7. The van der Waals surface area contributed by atoms with Gasteiger partial charge >= 0.3 is 41.9 Å². The third-order valence-corrected chi connectivity index (χ3v) is 11.7. The van der Waals surface area contributed by atoms with Gasteiger partial charge in [0.2, 0.25) is 0 Å². The van der Waals surface area contributed by atoms with Crippen LogP contribution in [0, 0.1) is 11.8 Å². The van der Waals surface area contributed by atoms with Crippen molar-refractivity contribution in [2.45, 2.75) is 247 Å². The number of nitrogens with zero attached hydrogens (tertiary/aromatic N) is 1. The average molecular weight is 998 g/mol. The normalized spacial score (nSPS) is 11.3. The minimum atomic E-state index is -0.846. The quantitative estimate of drug-likeness (QED) is 0.0318. The molecule has 0 heterocycles. The Morgan fingerprint density at radius 2 is 0.614 bits per heavy atom. The molecular formula is C55H99NO14. The summed E-state index contributed by atoms with van der Waals surface area (Å²) in [7, 11) is 0. The van der Waals surface area contributed by atoms with E-state index in [1.807, 2.05) is 0 Å². The molecule has 0 fully saturated rings. The van der Waals surface area contributed by atoms with Gasteiger partial charge in [0.1, 0.15) is 18.8 Å². The van der Waals surface area contributed by atoms with Gasteiger partial charge in [-0.25, -0.2) is 4.79 Å². The Morgan fingerprint density at radius 1 is 0.357 bits per heavy atom. The van der Waals surface area contributed by atoms with E-state index in [1.165, 1.54) is 4.90 Å². The second kappa shape index (κ2) is 45.0. The molecule has 1 amide bonds. The van der Waals surface area contributed by atoms with Crippen molar-refractivity contribution in [1.82, 2.24) is 4.90 Å². The Balaban J connectivity index is 5.48. The summed E-state index contributed by atoms with van der Waals surface area (Å²) in [5.74, 6) is -4.03. The van der Waals surface area contributed by atoms with Crippen LogP contribution in [0.25, 0.3) is 0 Å². The topological polar surface area (TPSA) is 187 Å². The summed E-state index contributed by atoms with van der Waals surface area (Å²) in [5.41, 5.74) is -0.846.